The molecule has 0 unspecified atom stereocenters. The standard InChI is InChI=1S/C15H18N4O2S/c1-19-11-15(10-17-19)6-3-7-18-22(20,21)12-14-5-2-4-13(8-14)9-16/h2,4-5,8,10-11,18H,3,6-7,12H2,1H3. The van der Waals surface area contributed by atoms with Gasteiger partial charge in [0.25, 0.3) is 0 Å². The highest BCUT2D eigenvalue weighted by Crippen LogP contribution is 2.08. The third kappa shape index (κ3) is 4.98. The molecule has 0 amide bonds. The summed E-state index contributed by atoms with van der Waals surface area (Å²) in [5, 5.41) is 12.9. The SMILES string of the molecule is Cn1cc(CCCNS(=O)(=O)Cc2cccc(C#N)c2)cn1. The van der Waals surface area contributed by atoms with E-state index < -0.39 is 10.0 Å². The van der Waals surface area contributed by atoms with Crippen LogP contribution in [0.25, 0.3) is 0 Å². The lowest BCUT2D eigenvalue weighted by Crippen LogP contribution is -2.26. The van der Waals surface area contributed by atoms with Crippen LogP contribution in [-0.4, -0.2) is 24.7 Å². The van der Waals surface area contributed by atoms with Crippen molar-refractivity contribution in [3.63, 3.8) is 0 Å². The van der Waals surface area contributed by atoms with Gasteiger partial charge in [-0.1, -0.05) is 12.1 Å². The molecule has 0 fully saturated rings. The van der Waals surface area contributed by atoms with Crippen LogP contribution in [0.4, 0.5) is 0 Å². The summed E-state index contributed by atoms with van der Waals surface area (Å²) in [5.41, 5.74) is 2.16. The van der Waals surface area contributed by atoms with Crippen molar-refractivity contribution >= 4 is 10.0 Å². The summed E-state index contributed by atoms with van der Waals surface area (Å²) in [5.74, 6) is -0.116. The Morgan fingerprint density at radius 1 is 1.36 bits per heavy atom. The Kier molecular flexibility index (Phi) is 5.31. The molecular weight excluding hydrogens is 300 g/mol. The smallest absolute Gasteiger partial charge is 0.215 e. The van der Waals surface area contributed by atoms with Crippen LogP contribution < -0.4 is 4.72 Å². The van der Waals surface area contributed by atoms with Crippen LogP contribution in [0.5, 0.6) is 0 Å². The van der Waals surface area contributed by atoms with E-state index in [0.29, 0.717) is 24.1 Å². The number of benzene rings is 1. The van der Waals surface area contributed by atoms with Gasteiger partial charge < -0.3 is 0 Å². The highest BCUT2D eigenvalue weighted by Gasteiger charge is 2.11. The van der Waals surface area contributed by atoms with Crippen LogP contribution in [0.15, 0.2) is 36.7 Å². The number of nitrogens with one attached hydrogen (secondary N) is 1. The van der Waals surface area contributed by atoms with Crippen molar-refractivity contribution in [2.75, 3.05) is 6.54 Å². The molecule has 2 rings (SSSR count). The zero-order chi connectivity index (χ0) is 16.0. The average molecular weight is 318 g/mol. The molecule has 22 heavy (non-hydrogen) atoms. The molecule has 0 aliphatic rings. The number of nitriles is 1. The molecule has 2 aromatic rings. The minimum atomic E-state index is -3.39. The molecule has 0 spiro atoms. The average Bonchev–Trinajstić information content (AvgIpc) is 2.89. The fourth-order valence-electron chi connectivity index (χ4n) is 2.12. The third-order valence-corrected chi connectivity index (χ3v) is 4.49. The van der Waals surface area contributed by atoms with Crippen molar-refractivity contribution in [2.24, 2.45) is 7.05 Å². The van der Waals surface area contributed by atoms with Crippen molar-refractivity contribution in [1.29, 1.82) is 5.26 Å². The normalized spacial score (nSPS) is 11.3. The van der Waals surface area contributed by atoms with Crippen LogP contribution in [0.1, 0.15) is 23.1 Å². The lowest BCUT2D eigenvalue weighted by Gasteiger charge is -2.06. The van der Waals surface area contributed by atoms with E-state index in [1.54, 1.807) is 35.1 Å². The Morgan fingerprint density at radius 2 is 2.18 bits per heavy atom. The predicted octanol–water partition coefficient (Wildman–Crippen LogP) is 1.34. The van der Waals surface area contributed by atoms with Crippen molar-refractivity contribution in [2.45, 2.75) is 18.6 Å². The zero-order valence-electron chi connectivity index (χ0n) is 12.4. The molecular formula is C15H18N4O2S. The molecule has 6 nitrogen and oxygen atoms in total. The van der Waals surface area contributed by atoms with Crippen LogP contribution in [0, 0.1) is 11.3 Å². The first-order chi connectivity index (χ1) is 10.5. The maximum Gasteiger partial charge on any atom is 0.215 e. The number of rotatable bonds is 7. The topological polar surface area (TPSA) is 87.8 Å². The monoisotopic (exact) mass is 318 g/mol. The fourth-order valence-corrected chi connectivity index (χ4v) is 3.30. The number of aryl methyl sites for hydroxylation is 2. The molecule has 0 radical (unpaired) electrons. The fraction of sp³-hybridized carbons (Fsp3) is 0.333. The molecule has 0 bridgehead atoms. The summed E-state index contributed by atoms with van der Waals surface area (Å²) in [6.45, 7) is 0.384. The molecule has 0 aliphatic carbocycles. The van der Waals surface area contributed by atoms with Crippen molar-refractivity contribution < 1.29 is 8.42 Å². The third-order valence-electron chi connectivity index (χ3n) is 3.14. The van der Waals surface area contributed by atoms with Gasteiger partial charge in [0.05, 0.1) is 23.6 Å². The number of hydrogen-bond donors (Lipinski definition) is 1. The lowest BCUT2D eigenvalue weighted by molar-refractivity contribution is 0.578. The van der Waals surface area contributed by atoms with Crippen LogP contribution in [0.3, 0.4) is 0 Å². The highest BCUT2D eigenvalue weighted by atomic mass is 32.2. The molecule has 0 aliphatic heterocycles. The van der Waals surface area contributed by atoms with Gasteiger partial charge in [-0.25, -0.2) is 13.1 Å². The largest absolute Gasteiger partial charge is 0.276 e. The van der Waals surface area contributed by atoms with E-state index in [-0.39, 0.29) is 5.75 Å². The first-order valence-corrected chi connectivity index (χ1v) is 8.57. The summed E-state index contributed by atoms with van der Waals surface area (Å²) in [6, 6.07) is 8.64. The molecule has 1 N–H and O–H groups in total. The first kappa shape index (κ1) is 16.2. The van der Waals surface area contributed by atoms with Gasteiger partial charge >= 0.3 is 0 Å². The van der Waals surface area contributed by atoms with E-state index in [2.05, 4.69) is 9.82 Å². The minimum Gasteiger partial charge on any atom is -0.276 e. The van der Waals surface area contributed by atoms with E-state index >= 15 is 0 Å². The van der Waals surface area contributed by atoms with Gasteiger partial charge in [-0.05, 0) is 36.1 Å². The second kappa shape index (κ2) is 7.20. The Hall–Kier alpha value is -2.17. The highest BCUT2D eigenvalue weighted by molar-refractivity contribution is 7.88. The summed E-state index contributed by atoms with van der Waals surface area (Å²) in [7, 11) is -1.54. The zero-order valence-corrected chi connectivity index (χ0v) is 13.2. The number of aromatic nitrogens is 2. The van der Waals surface area contributed by atoms with Gasteiger partial charge in [0.15, 0.2) is 0 Å². The molecule has 1 heterocycles. The maximum atomic E-state index is 12.0. The van der Waals surface area contributed by atoms with Gasteiger partial charge in [0.1, 0.15) is 0 Å². The summed E-state index contributed by atoms with van der Waals surface area (Å²) < 4.78 is 28.3. The van der Waals surface area contributed by atoms with Gasteiger partial charge in [0, 0.05) is 19.8 Å². The first-order valence-electron chi connectivity index (χ1n) is 6.92. The number of nitrogens with zero attached hydrogens (tertiary/aromatic N) is 3. The van der Waals surface area contributed by atoms with Crippen molar-refractivity contribution in [3.05, 3.63) is 53.3 Å². The van der Waals surface area contributed by atoms with E-state index in [1.807, 2.05) is 19.3 Å². The maximum absolute atomic E-state index is 12.0. The Morgan fingerprint density at radius 3 is 2.86 bits per heavy atom. The van der Waals surface area contributed by atoms with Gasteiger partial charge in [0.2, 0.25) is 10.0 Å². The molecule has 116 valence electrons. The number of sulfonamides is 1. The van der Waals surface area contributed by atoms with E-state index in [1.165, 1.54) is 0 Å². The van der Waals surface area contributed by atoms with Gasteiger partial charge in [-0.3, -0.25) is 4.68 Å². The van der Waals surface area contributed by atoms with E-state index in [0.717, 1.165) is 12.0 Å². The second-order valence-electron chi connectivity index (χ2n) is 5.09. The lowest BCUT2D eigenvalue weighted by atomic mass is 10.2. The Labute approximate surface area is 130 Å². The Bertz CT molecular complexity index is 775. The van der Waals surface area contributed by atoms with Gasteiger partial charge in [-0.2, -0.15) is 10.4 Å². The molecule has 1 aromatic heterocycles. The van der Waals surface area contributed by atoms with Crippen molar-refractivity contribution in [1.82, 2.24) is 14.5 Å². The molecule has 1 aromatic carbocycles. The van der Waals surface area contributed by atoms with E-state index in [9.17, 15) is 8.42 Å². The molecule has 0 atom stereocenters. The predicted molar refractivity (Wildman–Crippen MR) is 83.3 cm³/mol. The summed E-state index contributed by atoms with van der Waals surface area (Å²) >= 11 is 0. The summed E-state index contributed by atoms with van der Waals surface area (Å²) in [4.78, 5) is 0. The molecule has 0 saturated carbocycles. The summed E-state index contributed by atoms with van der Waals surface area (Å²) in [6.07, 6.45) is 5.19. The molecule has 7 heteroatoms. The quantitative estimate of drug-likeness (QED) is 0.780. The van der Waals surface area contributed by atoms with Crippen LogP contribution >= 0.6 is 0 Å². The van der Waals surface area contributed by atoms with Gasteiger partial charge in [-0.15, -0.1) is 0 Å². The van der Waals surface area contributed by atoms with Crippen LogP contribution in [0.2, 0.25) is 0 Å². The Balaban J connectivity index is 1.82. The minimum absolute atomic E-state index is 0.116. The molecule has 0 saturated heterocycles. The van der Waals surface area contributed by atoms with Crippen LogP contribution in [-0.2, 0) is 29.2 Å². The second-order valence-corrected chi connectivity index (χ2v) is 6.90. The number of hydrogen-bond acceptors (Lipinski definition) is 4. The van der Waals surface area contributed by atoms with Crippen molar-refractivity contribution in [3.8, 4) is 6.07 Å². The van der Waals surface area contributed by atoms with E-state index in [4.69, 9.17) is 5.26 Å².